The Labute approximate surface area is 206 Å². The van der Waals surface area contributed by atoms with E-state index in [1.165, 1.54) is 11.3 Å². The van der Waals surface area contributed by atoms with Gasteiger partial charge in [0.05, 0.1) is 30.6 Å². The van der Waals surface area contributed by atoms with Crippen molar-refractivity contribution < 1.29 is 14.3 Å². The van der Waals surface area contributed by atoms with E-state index in [2.05, 4.69) is 15.3 Å². The summed E-state index contributed by atoms with van der Waals surface area (Å²) in [5.74, 6) is 1.13. The molecule has 5 aromatic rings. The number of nitrogens with zero attached hydrogens (tertiary/aromatic N) is 2. The Morgan fingerprint density at radius 1 is 1.14 bits per heavy atom. The minimum atomic E-state index is -0.735. The standard InChI is InChI=1S/C26H25N5O3S/c1-33-17-10-16(11-18(12-17)34-2)30-24(26-31-22-14-28-8-6-23(22)35-26)25(32)20-13-29-21-4-3-15(5-7-27)9-19(20)21/h3-4,6,8-14,24,29-30H,5,7,27H2,1-2H3. The number of methoxy groups -OCH3 is 2. The van der Waals surface area contributed by atoms with Crippen molar-refractivity contribution in [1.82, 2.24) is 15.0 Å². The number of nitrogens with one attached hydrogen (secondary N) is 2. The van der Waals surface area contributed by atoms with Crippen molar-refractivity contribution in [2.24, 2.45) is 5.73 Å². The molecule has 0 saturated heterocycles. The molecule has 9 heteroatoms. The molecule has 1 unspecified atom stereocenters. The molecule has 5 rings (SSSR count). The van der Waals surface area contributed by atoms with Crippen molar-refractivity contribution in [3.8, 4) is 11.5 Å². The number of rotatable bonds is 9. The molecule has 1 atom stereocenters. The number of Topliss-reactive ketones (excluding diaryl/α,β-unsaturated/α-hetero) is 1. The van der Waals surface area contributed by atoms with E-state index in [0.29, 0.717) is 34.3 Å². The van der Waals surface area contributed by atoms with Gasteiger partial charge in [-0.3, -0.25) is 9.78 Å². The average molecular weight is 488 g/mol. The number of aromatic nitrogens is 3. The molecule has 0 spiro atoms. The molecule has 0 saturated carbocycles. The van der Waals surface area contributed by atoms with E-state index in [1.807, 2.05) is 36.4 Å². The van der Waals surface area contributed by atoms with Gasteiger partial charge in [0.1, 0.15) is 22.5 Å². The summed E-state index contributed by atoms with van der Waals surface area (Å²) < 4.78 is 11.8. The average Bonchev–Trinajstić information content (AvgIpc) is 3.51. The topological polar surface area (TPSA) is 115 Å². The summed E-state index contributed by atoms with van der Waals surface area (Å²) >= 11 is 1.46. The summed E-state index contributed by atoms with van der Waals surface area (Å²) in [6, 6.07) is 12.6. The van der Waals surface area contributed by atoms with E-state index in [-0.39, 0.29) is 5.78 Å². The number of hydrogen-bond acceptors (Lipinski definition) is 8. The molecule has 0 amide bonds. The number of carbonyl (C=O) groups excluding carboxylic acids is 1. The molecule has 0 aliphatic heterocycles. The second kappa shape index (κ2) is 9.73. The van der Waals surface area contributed by atoms with Gasteiger partial charge in [0.15, 0.2) is 5.78 Å². The summed E-state index contributed by atoms with van der Waals surface area (Å²) in [5, 5.41) is 4.89. The lowest BCUT2D eigenvalue weighted by molar-refractivity contribution is 0.0971. The third-order valence-electron chi connectivity index (χ3n) is 5.82. The Morgan fingerprint density at radius 3 is 2.66 bits per heavy atom. The predicted molar refractivity (Wildman–Crippen MR) is 139 cm³/mol. The fraction of sp³-hybridized carbons (Fsp3) is 0.192. The third kappa shape index (κ3) is 4.55. The molecule has 4 N–H and O–H groups in total. The first kappa shape index (κ1) is 22.8. The minimum Gasteiger partial charge on any atom is -0.497 e. The van der Waals surface area contributed by atoms with E-state index in [9.17, 15) is 4.79 Å². The lowest BCUT2D eigenvalue weighted by Gasteiger charge is -2.18. The van der Waals surface area contributed by atoms with Crippen LogP contribution in [0.2, 0.25) is 0 Å². The zero-order valence-electron chi connectivity index (χ0n) is 19.4. The molecule has 3 heterocycles. The fourth-order valence-electron chi connectivity index (χ4n) is 4.07. The van der Waals surface area contributed by atoms with Crippen LogP contribution in [0, 0.1) is 0 Å². The van der Waals surface area contributed by atoms with Gasteiger partial charge >= 0.3 is 0 Å². The number of nitrogens with two attached hydrogens (primary N) is 1. The molecule has 0 radical (unpaired) electrons. The summed E-state index contributed by atoms with van der Waals surface area (Å²) in [6.45, 7) is 0.542. The molecule has 0 fully saturated rings. The first-order valence-corrected chi connectivity index (χ1v) is 12.0. The van der Waals surface area contributed by atoms with Crippen LogP contribution in [0.1, 0.15) is 27.0 Å². The van der Waals surface area contributed by atoms with Crippen LogP contribution >= 0.6 is 11.3 Å². The minimum absolute atomic E-state index is 0.102. The zero-order chi connectivity index (χ0) is 24.4. The van der Waals surface area contributed by atoms with Crippen molar-refractivity contribution in [2.75, 3.05) is 26.1 Å². The highest BCUT2D eigenvalue weighted by Crippen LogP contribution is 2.34. The van der Waals surface area contributed by atoms with Gasteiger partial charge in [-0.05, 0) is 36.7 Å². The third-order valence-corrected chi connectivity index (χ3v) is 6.92. The van der Waals surface area contributed by atoms with Gasteiger partial charge in [-0.2, -0.15) is 0 Å². The molecule has 178 valence electrons. The molecule has 2 aromatic carbocycles. The Bertz CT molecular complexity index is 1450. The van der Waals surface area contributed by atoms with Crippen LogP contribution in [0.3, 0.4) is 0 Å². The van der Waals surface area contributed by atoms with Crippen LogP contribution in [-0.2, 0) is 6.42 Å². The van der Waals surface area contributed by atoms with Gasteiger partial charge in [-0.25, -0.2) is 4.98 Å². The number of fused-ring (bicyclic) bond motifs is 2. The van der Waals surface area contributed by atoms with Crippen LogP contribution in [-0.4, -0.2) is 41.5 Å². The number of H-pyrrole nitrogens is 1. The van der Waals surface area contributed by atoms with Crippen molar-refractivity contribution in [1.29, 1.82) is 0 Å². The highest BCUT2D eigenvalue weighted by atomic mass is 32.1. The Hall–Kier alpha value is -3.95. The number of carbonyl (C=O) groups is 1. The summed E-state index contributed by atoms with van der Waals surface area (Å²) in [4.78, 5) is 26.2. The van der Waals surface area contributed by atoms with E-state index in [1.54, 1.807) is 38.9 Å². The lowest BCUT2D eigenvalue weighted by atomic mass is 10.0. The second-order valence-electron chi connectivity index (χ2n) is 8.06. The van der Waals surface area contributed by atoms with E-state index in [0.717, 1.165) is 33.1 Å². The highest BCUT2D eigenvalue weighted by molar-refractivity contribution is 7.18. The van der Waals surface area contributed by atoms with Gasteiger partial charge in [-0.1, -0.05) is 6.07 Å². The number of benzene rings is 2. The largest absolute Gasteiger partial charge is 0.497 e. The van der Waals surface area contributed by atoms with Crippen molar-refractivity contribution in [2.45, 2.75) is 12.5 Å². The normalized spacial score (nSPS) is 12.1. The van der Waals surface area contributed by atoms with Gasteiger partial charge < -0.3 is 25.5 Å². The second-order valence-corrected chi connectivity index (χ2v) is 9.12. The van der Waals surface area contributed by atoms with Crippen LogP contribution in [0.5, 0.6) is 11.5 Å². The predicted octanol–water partition coefficient (Wildman–Crippen LogP) is 4.73. The highest BCUT2D eigenvalue weighted by Gasteiger charge is 2.28. The molecule has 0 aliphatic rings. The van der Waals surface area contributed by atoms with E-state index < -0.39 is 6.04 Å². The van der Waals surface area contributed by atoms with Gasteiger partial charge in [0.25, 0.3) is 0 Å². The molecule has 35 heavy (non-hydrogen) atoms. The van der Waals surface area contributed by atoms with Crippen molar-refractivity contribution in [3.05, 3.63) is 77.2 Å². The van der Waals surface area contributed by atoms with Crippen LogP contribution in [0.15, 0.2) is 61.1 Å². The van der Waals surface area contributed by atoms with Crippen LogP contribution in [0.25, 0.3) is 21.1 Å². The lowest BCUT2D eigenvalue weighted by Crippen LogP contribution is -2.21. The number of aromatic amines is 1. The van der Waals surface area contributed by atoms with Gasteiger partial charge in [0, 0.05) is 52.7 Å². The zero-order valence-corrected chi connectivity index (χ0v) is 20.2. The molecule has 0 aliphatic carbocycles. The molecular weight excluding hydrogens is 462 g/mol. The summed E-state index contributed by atoms with van der Waals surface area (Å²) in [6.07, 6.45) is 5.93. The quantitative estimate of drug-likeness (QED) is 0.258. The van der Waals surface area contributed by atoms with E-state index >= 15 is 0 Å². The summed E-state index contributed by atoms with van der Waals surface area (Å²) in [7, 11) is 3.18. The maximum Gasteiger partial charge on any atom is 0.194 e. The maximum atomic E-state index is 14.1. The van der Waals surface area contributed by atoms with Crippen LogP contribution < -0.4 is 20.5 Å². The van der Waals surface area contributed by atoms with E-state index in [4.69, 9.17) is 20.2 Å². The Balaban J connectivity index is 1.60. The van der Waals surface area contributed by atoms with Crippen LogP contribution in [0.4, 0.5) is 5.69 Å². The fourth-order valence-corrected chi connectivity index (χ4v) is 5.05. The molecule has 3 aromatic heterocycles. The monoisotopic (exact) mass is 487 g/mol. The number of ketones is 1. The van der Waals surface area contributed by atoms with Crippen molar-refractivity contribution in [3.63, 3.8) is 0 Å². The van der Waals surface area contributed by atoms with Crippen molar-refractivity contribution >= 4 is 43.9 Å². The summed E-state index contributed by atoms with van der Waals surface area (Å²) in [5.41, 5.74) is 9.75. The number of thiazole rings is 1. The molecular formula is C26H25N5O3S. The van der Waals surface area contributed by atoms with Gasteiger partial charge in [0.2, 0.25) is 0 Å². The molecule has 8 nitrogen and oxygen atoms in total. The Morgan fingerprint density at radius 2 is 1.94 bits per heavy atom. The molecule has 0 bridgehead atoms. The Kier molecular flexibility index (Phi) is 6.35. The smallest absolute Gasteiger partial charge is 0.194 e. The first-order chi connectivity index (χ1) is 17.1. The number of anilines is 1. The number of hydrogen-bond donors (Lipinski definition) is 3. The SMILES string of the molecule is COc1cc(NC(C(=O)c2c[nH]c3ccc(CCN)cc23)c2nc3cnccc3s2)cc(OC)c1. The number of pyridine rings is 1. The van der Waals surface area contributed by atoms with Gasteiger partial charge in [-0.15, -0.1) is 11.3 Å². The maximum absolute atomic E-state index is 14.1. The number of ether oxygens (including phenoxy) is 2. The first-order valence-electron chi connectivity index (χ1n) is 11.1.